The molecule has 0 unspecified atom stereocenters. The first-order chi connectivity index (χ1) is 37.7. The molecule has 0 aliphatic carbocycles. The summed E-state index contributed by atoms with van der Waals surface area (Å²) in [6.45, 7) is 0. The second-order valence-corrected chi connectivity index (χ2v) is 20.6. The van der Waals surface area contributed by atoms with Crippen LogP contribution in [0.3, 0.4) is 0 Å². The largest absolute Gasteiger partial charge is 0.0616 e. The van der Waals surface area contributed by atoms with Crippen molar-refractivity contribution in [2.75, 3.05) is 0 Å². The van der Waals surface area contributed by atoms with Gasteiger partial charge < -0.3 is 0 Å². The summed E-state index contributed by atoms with van der Waals surface area (Å²) < 4.78 is 0. The third-order valence-corrected chi connectivity index (χ3v) is 16.6. The standard InChI is InChI=1S/C76H46/c1-6-26-52-47(21-1)41-67(62-36-16-11-31-57(52)62)72-46-73(68-42-48-22-2-7-27-53(48)58-32-12-17-37-63(58)68)75(70-44-50-24-4-9-29-55(50)60-34-14-19-39-65(60)70)76(71-45-51-25-5-10-30-56(51)61-35-15-20-40-66(61)71)74(72)69-43-49-23-3-8-28-54(49)59-33-13-18-38-64(59)69/h1-46H. The Labute approximate surface area is 440 Å². The summed E-state index contributed by atoms with van der Waals surface area (Å²) >= 11 is 0. The van der Waals surface area contributed by atoms with Crippen molar-refractivity contribution in [1.82, 2.24) is 0 Å². The Balaban J connectivity index is 1.25. The molecule has 0 saturated carbocycles. The van der Waals surface area contributed by atoms with Crippen LogP contribution in [-0.4, -0.2) is 0 Å². The smallest absolute Gasteiger partial charge is 0.000740 e. The minimum absolute atomic E-state index is 1.19. The van der Waals surface area contributed by atoms with E-state index in [1.54, 1.807) is 0 Å². The van der Waals surface area contributed by atoms with Gasteiger partial charge in [-0.1, -0.05) is 243 Å². The first-order valence-corrected chi connectivity index (χ1v) is 26.5. The fourth-order valence-electron chi connectivity index (χ4n) is 13.3. The molecule has 0 N–H and O–H groups in total. The topological polar surface area (TPSA) is 0 Å². The first kappa shape index (κ1) is 42.6. The molecule has 0 aromatic heterocycles. The Morgan fingerprint density at radius 3 is 0.566 bits per heavy atom. The molecule has 16 aromatic rings. The summed E-state index contributed by atoms with van der Waals surface area (Å²) in [4.78, 5) is 0. The highest BCUT2D eigenvalue weighted by molar-refractivity contribution is 6.28. The zero-order valence-corrected chi connectivity index (χ0v) is 41.6. The van der Waals surface area contributed by atoms with Crippen molar-refractivity contribution in [3.05, 3.63) is 279 Å². The molecule has 0 amide bonds. The predicted octanol–water partition coefficient (Wildman–Crippen LogP) is 21.6. The zero-order chi connectivity index (χ0) is 49.8. The second-order valence-electron chi connectivity index (χ2n) is 20.6. The van der Waals surface area contributed by atoms with Gasteiger partial charge in [0.15, 0.2) is 0 Å². The maximum absolute atomic E-state index is 2.61. The lowest BCUT2D eigenvalue weighted by atomic mass is 9.74. The minimum Gasteiger partial charge on any atom is -0.0616 e. The van der Waals surface area contributed by atoms with E-state index < -0.39 is 0 Å². The van der Waals surface area contributed by atoms with Gasteiger partial charge in [0.2, 0.25) is 0 Å². The molecule has 0 bridgehead atoms. The molecule has 350 valence electrons. The molecule has 0 atom stereocenters. The highest BCUT2D eigenvalue weighted by Gasteiger charge is 2.30. The molecule has 76 heavy (non-hydrogen) atoms. The maximum atomic E-state index is 2.61. The van der Waals surface area contributed by atoms with Gasteiger partial charge in [0.1, 0.15) is 0 Å². The van der Waals surface area contributed by atoms with E-state index in [2.05, 4.69) is 279 Å². The number of fused-ring (bicyclic) bond motifs is 15. The molecule has 0 heterocycles. The first-order valence-electron chi connectivity index (χ1n) is 26.5. The quantitative estimate of drug-likeness (QED) is 0.151. The Bertz CT molecular complexity index is 4850. The monoisotopic (exact) mass is 958 g/mol. The van der Waals surface area contributed by atoms with E-state index in [9.17, 15) is 0 Å². The summed E-state index contributed by atoms with van der Waals surface area (Å²) in [5.74, 6) is 0. The summed E-state index contributed by atoms with van der Waals surface area (Å²) in [6, 6.07) is 105. The van der Waals surface area contributed by atoms with Crippen molar-refractivity contribution < 1.29 is 0 Å². The molecule has 16 aromatic carbocycles. The lowest BCUT2D eigenvalue weighted by Crippen LogP contribution is -2.01. The van der Waals surface area contributed by atoms with E-state index in [1.165, 1.54) is 163 Å². The highest BCUT2D eigenvalue weighted by atomic mass is 14.3. The minimum atomic E-state index is 1.19. The number of rotatable bonds is 5. The van der Waals surface area contributed by atoms with Crippen LogP contribution in [0.25, 0.3) is 163 Å². The summed E-state index contributed by atoms with van der Waals surface area (Å²) in [5, 5.41) is 24.6. The molecule has 0 spiro atoms. The fourth-order valence-corrected chi connectivity index (χ4v) is 13.3. The van der Waals surface area contributed by atoms with Gasteiger partial charge in [-0.05, 0) is 200 Å². The van der Waals surface area contributed by atoms with Crippen molar-refractivity contribution in [2.45, 2.75) is 0 Å². The average Bonchev–Trinajstić information content (AvgIpc) is 3.57. The van der Waals surface area contributed by atoms with E-state index in [-0.39, 0.29) is 0 Å². The van der Waals surface area contributed by atoms with E-state index in [4.69, 9.17) is 0 Å². The van der Waals surface area contributed by atoms with Gasteiger partial charge in [-0.25, -0.2) is 0 Å². The van der Waals surface area contributed by atoms with Crippen LogP contribution in [0, 0.1) is 0 Å². The summed E-state index contributed by atoms with van der Waals surface area (Å²) in [6.07, 6.45) is 0. The Hall–Kier alpha value is -9.88. The fraction of sp³-hybridized carbons (Fsp3) is 0. The van der Waals surface area contributed by atoms with Gasteiger partial charge in [0, 0.05) is 0 Å². The van der Waals surface area contributed by atoms with Crippen molar-refractivity contribution >= 4 is 108 Å². The van der Waals surface area contributed by atoms with Crippen LogP contribution >= 0.6 is 0 Å². The van der Waals surface area contributed by atoms with Gasteiger partial charge in [0.25, 0.3) is 0 Å². The Morgan fingerprint density at radius 1 is 0.118 bits per heavy atom. The molecule has 0 saturated heterocycles. The molecular weight excluding hydrogens is 913 g/mol. The molecular formula is C76H46. The van der Waals surface area contributed by atoms with Crippen molar-refractivity contribution in [2.24, 2.45) is 0 Å². The van der Waals surface area contributed by atoms with Crippen LogP contribution in [0.1, 0.15) is 0 Å². The van der Waals surface area contributed by atoms with Gasteiger partial charge in [0.05, 0.1) is 0 Å². The lowest BCUT2D eigenvalue weighted by molar-refractivity contribution is 1.59. The highest BCUT2D eigenvalue weighted by Crippen LogP contribution is 2.57. The molecule has 0 aliphatic heterocycles. The van der Waals surface area contributed by atoms with E-state index in [1.807, 2.05) is 0 Å². The van der Waals surface area contributed by atoms with Crippen molar-refractivity contribution in [3.8, 4) is 55.6 Å². The van der Waals surface area contributed by atoms with Crippen LogP contribution in [0.5, 0.6) is 0 Å². The lowest BCUT2D eigenvalue weighted by Gasteiger charge is -2.28. The molecule has 0 aliphatic rings. The van der Waals surface area contributed by atoms with Crippen LogP contribution in [0.2, 0.25) is 0 Å². The Morgan fingerprint density at radius 2 is 0.303 bits per heavy atom. The summed E-state index contributed by atoms with van der Waals surface area (Å²) in [7, 11) is 0. The van der Waals surface area contributed by atoms with E-state index in [0.29, 0.717) is 0 Å². The van der Waals surface area contributed by atoms with Crippen LogP contribution in [0.4, 0.5) is 0 Å². The van der Waals surface area contributed by atoms with Crippen LogP contribution < -0.4 is 0 Å². The van der Waals surface area contributed by atoms with Crippen LogP contribution in [-0.2, 0) is 0 Å². The van der Waals surface area contributed by atoms with E-state index >= 15 is 0 Å². The molecule has 0 nitrogen and oxygen atoms in total. The third-order valence-electron chi connectivity index (χ3n) is 16.6. The molecule has 16 rings (SSSR count). The molecule has 0 heteroatoms. The van der Waals surface area contributed by atoms with E-state index in [0.717, 1.165) is 0 Å². The predicted molar refractivity (Wildman–Crippen MR) is 329 cm³/mol. The molecule has 0 radical (unpaired) electrons. The number of benzene rings is 16. The normalized spacial score (nSPS) is 11.9. The van der Waals surface area contributed by atoms with Gasteiger partial charge in [-0.15, -0.1) is 0 Å². The maximum Gasteiger partial charge on any atom is -0.000740 e. The van der Waals surface area contributed by atoms with Gasteiger partial charge in [-0.3, -0.25) is 0 Å². The zero-order valence-electron chi connectivity index (χ0n) is 41.6. The molecule has 0 fully saturated rings. The SMILES string of the molecule is c1ccc2c(c1)cc(-c1cc(-c3cc4ccccc4c4ccccc34)c(-c3cc4ccccc4c4ccccc34)c(-c3cc4ccccc4c4ccccc34)c1-c1cc3ccccc3c3ccccc13)c1ccccc12. The average molecular weight is 959 g/mol. The van der Waals surface area contributed by atoms with Gasteiger partial charge >= 0.3 is 0 Å². The van der Waals surface area contributed by atoms with Crippen molar-refractivity contribution in [1.29, 1.82) is 0 Å². The van der Waals surface area contributed by atoms with Crippen LogP contribution in [0.15, 0.2) is 279 Å². The third kappa shape index (κ3) is 6.38. The summed E-state index contributed by atoms with van der Waals surface area (Å²) in [5.41, 5.74) is 12.0. The Kier molecular flexibility index (Phi) is 9.44. The second kappa shape index (κ2) is 16.8. The number of hydrogen-bond acceptors (Lipinski definition) is 0. The number of hydrogen-bond donors (Lipinski definition) is 0. The van der Waals surface area contributed by atoms with Gasteiger partial charge in [-0.2, -0.15) is 0 Å². The van der Waals surface area contributed by atoms with Crippen molar-refractivity contribution in [3.63, 3.8) is 0 Å².